The Hall–Kier alpha value is -2.24. The topological polar surface area (TPSA) is 55.6 Å². The monoisotopic (exact) mass is 414 g/mol. The van der Waals surface area contributed by atoms with E-state index in [1.165, 1.54) is 6.07 Å². The van der Waals surface area contributed by atoms with Gasteiger partial charge in [0.2, 0.25) is 6.41 Å². The molecule has 0 saturated heterocycles. The van der Waals surface area contributed by atoms with Gasteiger partial charge in [-0.1, -0.05) is 42.0 Å². The fourth-order valence-corrected chi connectivity index (χ4v) is 3.97. The van der Waals surface area contributed by atoms with Gasteiger partial charge in [0.15, 0.2) is 0 Å². The molecule has 0 aliphatic rings. The summed E-state index contributed by atoms with van der Waals surface area (Å²) in [5, 5.41) is 0. The number of carbonyl (C=O) groups excluding carboxylic acids is 1. The van der Waals surface area contributed by atoms with Gasteiger partial charge in [-0.05, 0) is 62.6 Å². The van der Waals surface area contributed by atoms with E-state index in [-0.39, 0.29) is 5.82 Å². The van der Waals surface area contributed by atoms with Crippen molar-refractivity contribution in [2.45, 2.75) is 51.0 Å². The number of unbranched alkanes of at least 4 members (excludes halogenated alkanes) is 2. The standard InChI is InChI=1S/C25H35FN2O2/c1-20-10-8-11-21(18-20)24-22(12-9-13-23(24)26)25(27,15-5-7-17-30-3)14-4-6-16-28(2)19-29/h8-13,18-19H,4-7,14-17,27H2,1-3H3. The SMILES string of the molecule is COCCCCC(N)(CCCCN(C)C=O)c1cccc(F)c1-c1cccc(C)c1. The number of hydrogen-bond acceptors (Lipinski definition) is 3. The van der Waals surface area contributed by atoms with Crippen molar-refractivity contribution >= 4 is 6.41 Å². The number of benzene rings is 2. The number of methoxy groups -OCH3 is 1. The van der Waals surface area contributed by atoms with Crippen molar-refractivity contribution in [3.8, 4) is 11.1 Å². The van der Waals surface area contributed by atoms with Crippen molar-refractivity contribution in [2.24, 2.45) is 5.73 Å². The third-order valence-electron chi connectivity index (χ3n) is 5.64. The van der Waals surface area contributed by atoms with Crippen molar-refractivity contribution in [1.82, 2.24) is 4.90 Å². The quantitative estimate of drug-likeness (QED) is 0.369. The van der Waals surface area contributed by atoms with Crippen LogP contribution in [0.4, 0.5) is 4.39 Å². The molecule has 4 nitrogen and oxygen atoms in total. The summed E-state index contributed by atoms with van der Waals surface area (Å²) in [4.78, 5) is 12.5. The molecule has 2 aromatic carbocycles. The number of amides is 1. The van der Waals surface area contributed by atoms with E-state index >= 15 is 4.39 Å². The Morgan fingerprint density at radius 2 is 1.80 bits per heavy atom. The molecule has 0 heterocycles. The molecule has 0 aromatic heterocycles. The molecule has 2 rings (SSSR count). The zero-order valence-electron chi connectivity index (χ0n) is 18.5. The van der Waals surface area contributed by atoms with Crippen LogP contribution in [-0.4, -0.2) is 38.6 Å². The van der Waals surface area contributed by atoms with Gasteiger partial charge in [-0.3, -0.25) is 4.79 Å². The van der Waals surface area contributed by atoms with Crippen molar-refractivity contribution in [1.29, 1.82) is 0 Å². The van der Waals surface area contributed by atoms with Crippen LogP contribution >= 0.6 is 0 Å². The van der Waals surface area contributed by atoms with Gasteiger partial charge in [0.1, 0.15) is 5.82 Å². The zero-order chi connectivity index (χ0) is 22.0. The van der Waals surface area contributed by atoms with E-state index in [1.54, 1.807) is 25.1 Å². The fourth-order valence-electron chi connectivity index (χ4n) is 3.97. The Balaban J connectivity index is 2.34. The Labute approximate surface area is 180 Å². The maximum absolute atomic E-state index is 15.1. The van der Waals surface area contributed by atoms with Gasteiger partial charge in [-0.2, -0.15) is 0 Å². The number of carbonyl (C=O) groups is 1. The van der Waals surface area contributed by atoms with E-state index in [0.717, 1.165) is 61.6 Å². The van der Waals surface area contributed by atoms with E-state index in [2.05, 4.69) is 0 Å². The minimum atomic E-state index is -0.644. The minimum Gasteiger partial charge on any atom is -0.385 e. The normalized spacial score (nSPS) is 13.1. The smallest absolute Gasteiger partial charge is 0.209 e. The van der Waals surface area contributed by atoms with E-state index in [4.69, 9.17) is 10.5 Å². The molecule has 0 radical (unpaired) electrons. The van der Waals surface area contributed by atoms with Gasteiger partial charge in [0.25, 0.3) is 0 Å². The third kappa shape index (κ3) is 6.64. The number of rotatable bonds is 13. The highest BCUT2D eigenvalue weighted by Gasteiger charge is 2.30. The molecule has 0 aliphatic carbocycles. The Morgan fingerprint density at radius 3 is 2.47 bits per heavy atom. The number of halogens is 1. The van der Waals surface area contributed by atoms with Crippen molar-refractivity contribution in [3.05, 3.63) is 59.4 Å². The van der Waals surface area contributed by atoms with Gasteiger partial charge in [-0.25, -0.2) is 4.39 Å². The third-order valence-corrected chi connectivity index (χ3v) is 5.64. The second-order valence-corrected chi connectivity index (χ2v) is 8.18. The van der Waals surface area contributed by atoms with Gasteiger partial charge in [-0.15, -0.1) is 0 Å². The highest BCUT2D eigenvalue weighted by Crippen LogP contribution is 2.38. The summed E-state index contributed by atoms with van der Waals surface area (Å²) in [5.41, 5.74) is 9.76. The van der Waals surface area contributed by atoms with E-state index in [9.17, 15) is 4.79 Å². The van der Waals surface area contributed by atoms with Crippen LogP contribution in [0.5, 0.6) is 0 Å². The largest absolute Gasteiger partial charge is 0.385 e. The highest BCUT2D eigenvalue weighted by atomic mass is 19.1. The van der Waals surface area contributed by atoms with Crippen LogP contribution in [-0.2, 0) is 15.1 Å². The number of hydrogen-bond donors (Lipinski definition) is 1. The molecule has 164 valence electrons. The molecule has 30 heavy (non-hydrogen) atoms. The molecule has 0 bridgehead atoms. The van der Waals surface area contributed by atoms with Crippen LogP contribution in [0.25, 0.3) is 11.1 Å². The van der Waals surface area contributed by atoms with Crippen LogP contribution in [0.2, 0.25) is 0 Å². The number of aryl methyl sites for hydroxylation is 1. The first kappa shape index (κ1) is 24.0. The summed E-state index contributed by atoms with van der Waals surface area (Å²) in [6, 6.07) is 13.1. The molecule has 1 unspecified atom stereocenters. The minimum absolute atomic E-state index is 0.245. The van der Waals surface area contributed by atoms with Crippen LogP contribution in [0, 0.1) is 12.7 Å². The fraction of sp³-hybridized carbons (Fsp3) is 0.480. The van der Waals surface area contributed by atoms with Gasteiger partial charge < -0.3 is 15.4 Å². The maximum Gasteiger partial charge on any atom is 0.209 e. The molecule has 0 aliphatic heterocycles. The van der Waals surface area contributed by atoms with Crippen LogP contribution in [0.1, 0.15) is 49.7 Å². The van der Waals surface area contributed by atoms with E-state index in [0.29, 0.717) is 18.7 Å². The first-order valence-electron chi connectivity index (χ1n) is 10.7. The van der Waals surface area contributed by atoms with Crippen LogP contribution in [0.3, 0.4) is 0 Å². The van der Waals surface area contributed by atoms with Crippen LogP contribution in [0.15, 0.2) is 42.5 Å². The molecule has 5 heteroatoms. The second kappa shape index (κ2) is 11.8. The molecule has 0 spiro atoms. The average molecular weight is 415 g/mol. The number of nitrogens with zero attached hydrogens (tertiary/aromatic N) is 1. The van der Waals surface area contributed by atoms with Crippen molar-refractivity contribution < 1.29 is 13.9 Å². The molecular formula is C25H35FN2O2. The Morgan fingerprint density at radius 1 is 1.10 bits per heavy atom. The first-order valence-corrected chi connectivity index (χ1v) is 10.7. The molecule has 1 atom stereocenters. The molecule has 1 amide bonds. The van der Waals surface area contributed by atoms with Gasteiger partial charge >= 0.3 is 0 Å². The predicted octanol–water partition coefficient (Wildman–Crippen LogP) is 5.03. The molecule has 2 N–H and O–H groups in total. The average Bonchev–Trinajstić information content (AvgIpc) is 2.74. The zero-order valence-corrected chi connectivity index (χ0v) is 18.5. The predicted molar refractivity (Wildman–Crippen MR) is 121 cm³/mol. The van der Waals surface area contributed by atoms with E-state index in [1.807, 2.05) is 37.3 Å². The lowest BCUT2D eigenvalue weighted by molar-refractivity contribution is -0.117. The second-order valence-electron chi connectivity index (χ2n) is 8.18. The van der Waals surface area contributed by atoms with Crippen molar-refractivity contribution in [3.63, 3.8) is 0 Å². The summed E-state index contributed by atoms with van der Waals surface area (Å²) in [5.74, 6) is -0.245. The van der Waals surface area contributed by atoms with Crippen molar-refractivity contribution in [2.75, 3.05) is 27.3 Å². The van der Waals surface area contributed by atoms with Crippen LogP contribution < -0.4 is 5.73 Å². The summed E-state index contributed by atoms with van der Waals surface area (Å²) in [6.45, 7) is 3.39. The molecular weight excluding hydrogens is 379 g/mol. The molecule has 0 fully saturated rings. The molecule has 2 aromatic rings. The van der Waals surface area contributed by atoms with Gasteiger partial charge in [0.05, 0.1) is 0 Å². The lowest BCUT2D eigenvalue weighted by Gasteiger charge is -2.33. The molecule has 0 saturated carbocycles. The summed E-state index contributed by atoms with van der Waals surface area (Å²) >= 11 is 0. The summed E-state index contributed by atoms with van der Waals surface area (Å²) in [6.07, 6.45) is 5.87. The summed E-state index contributed by atoms with van der Waals surface area (Å²) < 4.78 is 20.2. The lowest BCUT2D eigenvalue weighted by atomic mass is 9.78. The number of ether oxygens (including phenoxy) is 1. The Bertz CT molecular complexity index is 811. The Kier molecular flexibility index (Phi) is 9.47. The maximum atomic E-state index is 15.1. The lowest BCUT2D eigenvalue weighted by Crippen LogP contribution is -2.38. The summed E-state index contributed by atoms with van der Waals surface area (Å²) in [7, 11) is 3.47. The first-order chi connectivity index (χ1) is 14.4. The number of nitrogens with two attached hydrogens (primary N) is 1. The van der Waals surface area contributed by atoms with E-state index < -0.39 is 5.54 Å². The van der Waals surface area contributed by atoms with Gasteiger partial charge in [0, 0.05) is 38.4 Å². The highest BCUT2D eigenvalue weighted by molar-refractivity contribution is 5.70.